The number of carbonyl (C=O) groups is 1. The minimum Gasteiger partial charge on any atom is -0.481 e. The Morgan fingerprint density at radius 2 is 2.05 bits per heavy atom. The van der Waals surface area contributed by atoms with Gasteiger partial charge in [0.2, 0.25) is 0 Å². The van der Waals surface area contributed by atoms with Gasteiger partial charge >= 0.3 is 5.97 Å². The van der Waals surface area contributed by atoms with E-state index in [-0.39, 0.29) is 5.92 Å². The Bertz CT molecular complexity index is 554. The number of nitrogens with zero attached hydrogens (tertiary/aromatic N) is 1. The summed E-state index contributed by atoms with van der Waals surface area (Å²) in [6.07, 6.45) is 1.93. The lowest BCUT2D eigenvalue weighted by atomic mass is 9.87. The van der Waals surface area contributed by atoms with E-state index in [1.807, 2.05) is 0 Å². The van der Waals surface area contributed by atoms with Gasteiger partial charge in [-0.15, -0.1) is 0 Å². The summed E-state index contributed by atoms with van der Waals surface area (Å²) in [4.78, 5) is 13.8. The molecule has 21 heavy (non-hydrogen) atoms. The maximum Gasteiger partial charge on any atom is 0.307 e. The maximum absolute atomic E-state index is 11.4. The van der Waals surface area contributed by atoms with Crippen LogP contribution < -0.4 is 0 Å². The lowest BCUT2D eigenvalue weighted by Crippen LogP contribution is -2.45. The lowest BCUT2D eigenvalue weighted by Gasteiger charge is -2.40. The number of piperidine rings is 1. The van der Waals surface area contributed by atoms with E-state index in [0.717, 1.165) is 19.4 Å². The topological polar surface area (TPSA) is 40.5 Å². The smallest absolute Gasteiger partial charge is 0.307 e. The van der Waals surface area contributed by atoms with Crippen LogP contribution in [0.3, 0.4) is 0 Å². The summed E-state index contributed by atoms with van der Waals surface area (Å²) in [7, 11) is 0. The molecule has 1 saturated heterocycles. The Balaban J connectivity index is 1.89. The zero-order chi connectivity index (χ0) is 15.1. The third-order valence-corrected chi connectivity index (χ3v) is 5.13. The number of rotatable bonds is 2. The highest BCUT2D eigenvalue weighted by Crippen LogP contribution is 2.42. The molecule has 4 atom stereocenters. The number of carboxylic acid groups (broad SMARTS) is 1. The standard InChI is InChI=1S/C18H25NO2/c1-11-4-5-14-8-13(3)17(16(14)7-11)19-9-12(2)6-15(10-19)18(20)21/h4-5,7,12-13,15,17H,6,8-10H2,1-3H3,(H,20,21). The van der Waals surface area contributed by atoms with Crippen molar-refractivity contribution in [2.75, 3.05) is 13.1 Å². The Morgan fingerprint density at radius 1 is 1.29 bits per heavy atom. The number of hydrogen-bond donors (Lipinski definition) is 1. The SMILES string of the molecule is Cc1ccc2c(c1)C(N1CC(C)CC(C(=O)O)C1)C(C)C2. The van der Waals surface area contributed by atoms with Crippen LogP contribution in [0.4, 0.5) is 0 Å². The van der Waals surface area contributed by atoms with Crippen molar-refractivity contribution in [3.63, 3.8) is 0 Å². The highest BCUT2D eigenvalue weighted by molar-refractivity contribution is 5.70. The van der Waals surface area contributed by atoms with Gasteiger partial charge in [0.05, 0.1) is 5.92 Å². The predicted molar refractivity (Wildman–Crippen MR) is 83.3 cm³/mol. The Hall–Kier alpha value is -1.35. The molecule has 3 nitrogen and oxygen atoms in total. The molecule has 1 aromatic carbocycles. The fourth-order valence-electron chi connectivity index (χ4n) is 4.30. The minimum absolute atomic E-state index is 0.213. The van der Waals surface area contributed by atoms with E-state index < -0.39 is 5.97 Å². The van der Waals surface area contributed by atoms with E-state index in [1.165, 1.54) is 16.7 Å². The van der Waals surface area contributed by atoms with Crippen LogP contribution >= 0.6 is 0 Å². The van der Waals surface area contributed by atoms with Crippen molar-refractivity contribution in [2.24, 2.45) is 17.8 Å². The average molecular weight is 287 g/mol. The molecule has 3 heteroatoms. The molecule has 0 saturated carbocycles. The summed E-state index contributed by atoms with van der Waals surface area (Å²) in [5.74, 6) is 0.180. The molecule has 0 spiro atoms. The largest absolute Gasteiger partial charge is 0.481 e. The van der Waals surface area contributed by atoms with Crippen LogP contribution in [0.2, 0.25) is 0 Å². The van der Waals surface area contributed by atoms with Gasteiger partial charge in [-0.3, -0.25) is 9.69 Å². The Labute approximate surface area is 127 Å². The molecule has 3 rings (SSSR count). The van der Waals surface area contributed by atoms with Crippen molar-refractivity contribution >= 4 is 5.97 Å². The lowest BCUT2D eigenvalue weighted by molar-refractivity contribution is -0.145. The summed E-state index contributed by atoms with van der Waals surface area (Å²) >= 11 is 0. The van der Waals surface area contributed by atoms with Crippen LogP contribution in [0.5, 0.6) is 0 Å². The summed E-state index contributed by atoms with van der Waals surface area (Å²) in [6.45, 7) is 8.33. The number of aliphatic carboxylic acids is 1. The van der Waals surface area contributed by atoms with Crippen molar-refractivity contribution in [2.45, 2.75) is 39.7 Å². The molecule has 2 aliphatic rings. The second-order valence-corrected chi connectivity index (χ2v) is 7.16. The van der Waals surface area contributed by atoms with Gasteiger partial charge in [-0.05, 0) is 42.7 Å². The van der Waals surface area contributed by atoms with E-state index >= 15 is 0 Å². The van der Waals surface area contributed by atoms with E-state index in [9.17, 15) is 9.90 Å². The van der Waals surface area contributed by atoms with Crippen molar-refractivity contribution in [3.05, 3.63) is 34.9 Å². The number of aryl methyl sites for hydroxylation is 1. The van der Waals surface area contributed by atoms with E-state index in [2.05, 4.69) is 43.9 Å². The van der Waals surface area contributed by atoms with Crippen molar-refractivity contribution in [3.8, 4) is 0 Å². The van der Waals surface area contributed by atoms with Crippen LogP contribution in [-0.4, -0.2) is 29.1 Å². The number of benzene rings is 1. The van der Waals surface area contributed by atoms with E-state index in [0.29, 0.717) is 24.4 Å². The summed E-state index contributed by atoms with van der Waals surface area (Å²) in [5.41, 5.74) is 4.18. The first-order valence-corrected chi connectivity index (χ1v) is 8.02. The van der Waals surface area contributed by atoms with Crippen molar-refractivity contribution in [1.82, 2.24) is 4.90 Å². The van der Waals surface area contributed by atoms with Gasteiger partial charge < -0.3 is 5.11 Å². The minimum atomic E-state index is -0.637. The fraction of sp³-hybridized carbons (Fsp3) is 0.611. The molecule has 114 valence electrons. The summed E-state index contributed by atoms with van der Waals surface area (Å²) < 4.78 is 0. The molecule has 1 aliphatic carbocycles. The van der Waals surface area contributed by atoms with Crippen molar-refractivity contribution in [1.29, 1.82) is 0 Å². The molecule has 0 radical (unpaired) electrons. The van der Waals surface area contributed by atoms with E-state index in [4.69, 9.17) is 0 Å². The first-order chi connectivity index (χ1) is 9.95. The monoisotopic (exact) mass is 287 g/mol. The molecule has 1 heterocycles. The number of likely N-dealkylation sites (tertiary alicyclic amines) is 1. The third-order valence-electron chi connectivity index (χ3n) is 5.13. The molecule has 1 fully saturated rings. The molecule has 0 bridgehead atoms. The molecule has 0 amide bonds. The zero-order valence-electron chi connectivity index (χ0n) is 13.2. The van der Waals surface area contributed by atoms with Gasteiger partial charge in [0.1, 0.15) is 0 Å². The number of carboxylic acids is 1. The van der Waals surface area contributed by atoms with Gasteiger partial charge in [0.25, 0.3) is 0 Å². The highest BCUT2D eigenvalue weighted by Gasteiger charge is 2.39. The van der Waals surface area contributed by atoms with Crippen molar-refractivity contribution < 1.29 is 9.90 Å². The zero-order valence-corrected chi connectivity index (χ0v) is 13.2. The van der Waals surface area contributed by atoms with Crippen LogP contribution in [-0.2, 0) is 11.2 Å². The fourth-order valence-corrected chi connectivity index (χ4v) is 4.30. The second kappa shape index (κ2) is 5.45. The van der Waals surface area contributed by atoms with Gasteiger partial charge in [-0.1, -0.05) is 37.6 Å². The second-order valence-electron chi connectivity index (χ2n) is 7.16. The molecular weight excluding hydrogens is 262 g/mol. The van der Waals surface area contributed by atoms with Gasteiger partial charge in [-0.25, -0.2) is 0 Å². The Kier molecular flexibility index (Phi) is 3.78. The first-order valence-electron chi connectivity index (χ1n) is 8.02. The van der Waals surface area contributed by atoms with Gasteiger partial charge in [0, 0.05) is 19.1 Å². The van der Waals surface area contributed by atoms with Crippen LogP contribution in [0.25, 0.3) is 0 Å². The molecule has 1 aromatic rings. The van der Waals surface area contributed by atoms with Gasteiger partial charge in [-0.2, -0.15) is 0 Å². The quantitative estimate of drug-likeness (QED) is 0.907. The molecular formula is C18H25NO2. The predicted octanol–water partition coefficient (Wildman–Crippen LogP) is 3.27. The highest BCUT2D eigenvalue weighted by atomic mass is 16.4. The average Bonchev–Trinajstić information content (AvgIpc) is 2.73. The molecule has 1 N–H and O–H groups in total. The summed E-state index contributed by atoms with van der Waals surface area (Å²) in [6, 6.07) is 7.14. The molecule has 4 unspecified atom stereocenters. The number of hydrogen-bond acceptors (Lipinski definition) is 2. The van der Waals surface area contributed by atoms with Gasteiger partial charge in [0.15, 0.2) is 0 Å². The molecule has 1 aliphatic heterocycles. The summed E-state index contributed by atoms with van der Waals surface area (Å²) in [5, 5.41) is 9.40. The Morgan fingerprint density at radius 3 is 2.76 bits per heavy atom. The van der Waals surface area contributed by atoms with Crippen LogP contribution in [0.1, 0.15) is 43.0 Å². The first kappa shape index (κ1) is 14.6. The van der Waals surface area contributed by atoms with Crippen LogP contribution in [0, 0.1) is 24.7 Å². The maximum atomic E-state index is 11.4. The third kappa shape index (κ3) is 2.71. The van der Waals surface area contributed by atoms with Crippen LogP contribution in [0.15, 0.2) is 18.2 Å². The number of fused-ring (bicyclic) bond motifs is 1. The normalized spacial score (nSPS) is 32.9. The van der Waals surface area contributed by atoms with E-state index in [1.54, 1.807) is 0 Å². The molecule has 0 aromatic heterocycles.